The van der Waals surface area contributed by atoms with Gasteiger partial charge in [-0.25, -0.2) is 0 Å². The molecular weight excluding hydrogens is 286 g/mol. The minimum absolute atomic E-state index is 0.146. The van der Waals surface area contributed by atoms with Crippen molar-refractivity contribution in [3.63, 3.8) is 0 Å². The molecule has 1 amide bonds. The van der Waals surface area contributed by atoms with Crippen LogP contribution in [-0.4, -0.2) is 17.0 Å². The van der Waals surface area contributed by atoms with Crippen LogP contribution in [0.25, 0.3) is 0 Å². The minimum Gasteiger partial charge on any atom is -0.481 e. The molecule has 1 heterocycles. The first kappa shape index (κ1) is 15.3. The van der Waals surface area contributed by atoms with E-state index >= 15 is 0 Å². The number of benzene rings is 1. The number of thiophene rings is 1. The molecule has 2 N–H and O–H groups in total. The van der Waals surface area contributed by atoms with Gasteiger partial charge >= 0.3 is 5.97 Å². The largest absolute Gasteiger partial charge is 0.481 e. The molecule has 0 saturated carbocycles. The van der Waals surface area contributed by atoms with Crippen molar-refractivity contribution in [2.24, 2.45) is 0 Å². The molecule has 0 bridgehead atoms. The highest BCUT2D eigenvalue weighted by Crippen LogP contribution is 2.25. The van der Waals surface area contributed by atoms with Crippen LogP contribution in [0, 0.1) is 6.92 Å². The molecule has 0 aliphatic heterocycles. The quantitative estimate of drug-likeness (QED) is 0.905. The van der Waals surface area contributed by atoms with E-state index < -0.39 is 11.4 Å². The summed E-state index contributed by atoms with van der Waals surface area (Å²) < 4.78 is 0. The van der Waals surface area contributed by atoms with Gasteiger partial charge < -0.3 is 10.4 Å². The van der Waals surface area contributed by atoms with E-state index in [0.29, 0.717) is 16.1 Å². The SMILES string of the molecule is Cc1ccsc1C(=O)Nc1ccc(C(C)(C)C(=O)O)cc1. The van der Waals surface area contributed by atoms with Crippen molar-refractivity contribution in [2.75, 3.05) is 5.32 Å². The molecule has 0 aliphatic rings. The monoisotopic (exact) mass is 303 g/mol. The van der Waals surface area contributed by atoms with E-state index in [4.69, 9.17) is 0 Å². The third-order valence-electron chi connectivity index (χ3n) is 3.47. The number of carbonyl (C=O) groups is 2. The molecule has 0 unspecified atom stereocenters. The van der Waals surface area contributed by atoms with Crippen LogP contribution in [0.2, 0.25) is 0 Å². The number of nitrogens with one attached hydrogen (secondary N) is 1. The molecule has 1 aromatic heterocycles. The van der Waals surface area contributed by atoms with Crippen LogP contribution in [0.1, 0.15) is 34.6 Å². The summed E-state index contributed by atoms with van der Waals surface area (Å²) in [5, 5.41) is 13.9. The van der Waals surface area contributed by atoms with Gasteiger partial charge in [0.25, 0.3) is 5.91 Å². The first-order valence-corrected chi connectivity index (χ1v) is 7.39. The van der Waals surface area contributed by atoms with Crippen LogP contribution in [-0.2, 0) is 10.2 Å². The van der Waals surface area contributed by atoms with E-state index in [1.54, 1.807) is 38.1 Å². The van der Waals surface area contributed by atoms with Crippen molar-refractivity contribution < 1.29 is 14.7 Å². The Balaban J connectivity index is 2.15. The van der Waals surface area contributed by atoms with Gasteiger partial charge in [0.15, 0.2) is 0 Å². The van der Waals surface area contributed by atoms with Crippen LogP contribution in [0.5, 0.6) is 0 Å². The Kier molecular flexibility index (Phi) is 4.14. The lowest BCUT2D eigenvalue weighted by Gasteiger charge is -2.19. The molecular formula is C16H17NO3S. The van der Waals surface area contributed by atoms with Gasteiger partial charge in [-0.3, -0.25) is 9.59 Å². The number of rotatable bonds is 4. The van der Waals surface area contributed by atoms with Crippen molar-refractivity contribution in [3.8, 4) is 0 Å². The van der Waals surface area contributed by atoms with Crippen LogP contribution >= 0.6 is 11.3 Å². The molecule has 0 atom stereocenters. The molecule has 0 radical (unpaired) electrons. The van der Waals surface area contributed by atoms with Gasteiger partial charge in [-0.2, -0.15) is 0 Å². The van der Waals surface area contributed by atoms with Gasteiger partial charge in [-0.05, 0) is 55.5 Å². The Bertz CT molecular complexity index is 671. The fourth-order valence-corrected chi connectivity index (χ4v) is 2.71. The Morgan fingerprint density at radius 3 is 2.24 bits per heavy atom. The number of carboxylic acids is 1. The van der Waals surface area contributed by atoms with E-state index in [1.807, 2.05) is 18.4 Å². The number of carbonyl (C=O) groups excluding carboxylic acids is 1. The summed E-state index contributed by atoms with van der Waals surface area (Å²) in [6.07, 6.45) is 0. The number of aliphatic carboxylic acids is 1. The Hall–Kier alpha value is -2.14. The second-order valence-electron chi connectivity index (χ2n) is 5.39. The zero-order valence-electron chi connectivity index (χ0n) is 12.1. The first-order chi connectivity index (χ1) is 9.82. The molecule has 110 valence electrons. The lowest BCUT2D eigenvalue weighted by molar-refractivity contribution is -0.142. The molecule has 0 fully saturated rings. The summed E-state index contributed by atoms with van der Waals surface area (Å²) in [5.41, 5.74) is 1.34. The number of carboxylic acid groups (broad SMARTS) is 1. The summed E-state index contributed by atoms with van der Waals surface area (Å²) in [5.74, 6) is -1.03. The molecule has 1 aromatic carbocycles. The Morgan fingerprint density at radius 1 is 1.14 bits per heavy atom. The summed E-state index contributed by atoms with van der Waals surface area (Å²) in [6.45, 7) is 5.19. The third-order valence-corrected chi connectivity index (χ3v) is 4.48. The van der Waals surface area contributed by atoms with Crippen LogP contribution in [0.3, 0.4) is 0 Å². The molecule has 4 nitrogen and oxygen atoms in total. The predicted octanol–water partition coefficient (Wildman–Crippen LogP) is 3.67. The van der Waals surface area contributed by atoms with E-state index in [9.17, 15) is 14.7 Å². The molecule has 5 heteroatoms. The lowest BCUT2D eigenvalue weighted by atomic mass is 9.85. The highest BCUT2D eigenvalue weighted by molar-refractivity contribution is 7.12. The Labute approximate surface area is 127 Å². The zero-order chi connectivity index (χ0) is 15.6. The maximum atomic E-state index is 12.1. The van der Waals surface area contributed by atoms with E-state index in [0.717, 1.165) is 5.56 Å². The summed E-state index contributed by atoms with van der Waals surface area (Å²) >= 11 is 1.40. The maximum Gasteiger partial charge on any atom is 0.313 e. The highest BCUT2D eigenvalue weighted by Gasteiger charge is 2.29. The van der Waals surface area contributed by atoms with Crippen molar-refractivity contribution in [2.45, 2.75) is 26.2 Å². The highest BCUT2D eigenvalue weighted by atomic mass is 32.1. The fraction of sp³-hybridized carbons (Fsp3) is 0.250. The lowest BCUT2D eigenvalue weighted by Crippen LogP contribution is -2.28. The number of aryl methyl sites for hydroxylation is 1. The average molecular weight is 303 g/mol. The van der Waals surface area contributed by atoms with Gasteiger partial charge in [0, 0.05) is 5.69 Å². The Morgan fingerprint density at radius 2 is 1.76 bits per heavy atom. The maximum absolute atomic E-state index is 12.1. The van der Waals surface area contributed by atoms with Gasteiger partial charge in [-0.15, -0.1) is 11.3 Å². The summed E-state index contributed by atoms with van der Waals surface area (Å²) in [7, 11) is 0. The summed E-state index contributed by atoms with van der Waals surface area (Å²) in [6, 6.07) is 8.80. The van der Waals surface area contributed by atoms with E-state index in [-0.39, 0.29) is 5.91 Å². The van der Waals surface area contributed by atoms with Crippen molar-refractivity contribution in [3.05, 3.63) is 51.7 Å². The van der Waals surface area contributed by atoms with Crippen LogP contribution in [0.4, 0.5) is 5.69 Å². The standard InChI is InChI=1S/C16H17NO3S/c1-10-8-9-21-13(10)14(18)17-12-6-4-11(5-7-12)16(2,3)15(19)20/h4-9H,1-3H3,(H,17,18)(H,19,20). The minimum atomic E-state index is -0.952. The van der Waals surface area contributed by atoms with E-state index in [2.05, 4.69) is 5.32 Å². The normalized spacial score (nSPS) is 11.2. The van der Waals surface area contributed by atoms with Gasteiger partial charge in [-0.1, -0.05) is 12.1 Å². The van der Waals surface area contributed by atoms with Crippen LogP contribution < -0.4 is 5.32 Å². The molecule has 2 rings (SSSR count). The smallest absolute Gasteiger partial charge is 0.313 e. The number of hydrogen-bond acceptors (Lipinski definition) is 3. The average Bonchev–Trinajstić information content (AvgIpc) is 2.85. The van der Waals surface area contributed by atoms with Gasteiger partial charge in [0.05, 0.1) is 10.3 Å². The van der Waals surface area contributed by atoms with Crippen molar-refractivity contribution >= 4 is 28.9 Å². The van der Waals surface area contributed by atoms with Gasteiger partial charge in [0.1, 0.15) is 0 Å². The van der Waals surface area contributed by atoms with Gasteiger partial charge in [0.2, 0.25) is 0 Å². The molecule has 2 aromatic rings. The zero-order valence-corrected chi connectivity index (χ0v) is 13.0. The molecule has 0 saturated heterocycles. The fourth-order valence-electron chi connectivity index (χ4n) is 1.89. The topological polar surface area (TPSA) is 66.4 Å². The summed E-state index contributed by atoms with van der Waals surface area (Å²) in [4.78, 5) is 24.0. The second-order valence-corrected chi connectivity index (χ2v) is 6.31. The molecule has 21 heavy (non-hydrogen) atoms. The van der Waals surface area contributed by atoms with Crippen molar-refractivity contribution in [1.82, 2.24) is 0 Å². The molecule has 0 spiro atoms. The first-order valence-electron chi connectivity index (χ1n) is 6.52. The number of amides is 1. The second kappa shape index (κ2) is 5.69. The van der Waals surface area contributed by atoms with E-state index in [1.165, 1.54) is 11.3 Å². The molecule has 0 aliphatic carbocycles. The number of anilines is 1. The number of hydrogen-bond donors (Lipinski definition) is 2. The van der Waals surface area contributed by atoms with Crippen molar-refractivity contribution in [1.29, 1.82) is 0 Å². The van der Waals surface area contributed by atoms with Crippen LogP contribution in [0.15, 0.2) is 35.7 Å². The third kappa shape index (κ3) is 3.13. The predicted molar refractivity (Wildman–Crippen MR) is 84.1 cm³/mol.